The number of rotatable bonds is 1. The molecule has 0 aromatic heterocycles. The van der Waals surface area contributed by atoms with Crippen molar-refractivity contribution in [1.82, 2.24) is 5.32 Å². The predicted octanol–water partition coefficient (Wildman–Crippen LogP) is 2.14. The van der Waals surface area contributed by atoms with Crippen molar-refractivity contribution >= 4 is 11.6 Å². The molecule has 1 unspecified atom stereocenters. The Kier molecular flexibility index (Phi) is 3.00. The van der Waals surface area contributed by atoms with Crippen LogP contribution in [-0.4, -0.2) is 18.5 Å². The first kappa shape index (κ1) is 11.8. The Morgan fingerprint density at radius 3 is 2.59 bits per heavy atom. The molecule has 1 atom stereocenters. The number of hydrogen-bond acceptors (Lipinski definition) is 2. The van der Waals surface area contributed by atoms with E-state index in [1.165, 1.54) is 0 Å². The van der Waals surface area contributed by atoms with Crippen LogP contribution in [0.25, 0.3) is 0 Å². The average Bonchev–Trinajstić information content (AvgIpc) is 2.41. The normalized spacial score (nSPS) is 19.4. The van der Waals surface area contributed by atoms with E-state index in [4.69, 9.17) is 0 Å². The molecule has 92 valence electrons. The highest BCUT2D eigenvalue weighted by atomic mass is 19.2. The van der Waals surface area contributed by atoms with Gasteiger partial charge in [0.05, 0.1) is 11.3 Å². The minimum absolute atomic E-state index is 0.0546. The van der Waals surface area contributed by atoms with Gasteiger partial charge >= 0.3 is 0 Å². The SMILES string of the molecule is CC(C)C1CNc2cc(F)c(F)cc2C(=O)N1. The molecule has 1 aliphatic heterocycles. The van der Waals surface area contributed by atoms with Gasteiger partial charge in [0.1, 0.15) is 0 Å². The highest BCUT2D eigenvalue weighted by molar-refractivity contribution is 6.00. The van der Waals surface area contributed by atoms with Gasteiger partial charge in [-0.3, -0.25) is 4.79 Å². The minimum Gasteiger partial charge on any atom is -0.382 e. The van der Waals surface area contributed by atoms with Crippen molar-refractivity contribution in [3.05, 3.63) is 29.3 Å². The Labute approximate surface area is 98.2 Å². The lowest BCUT2D eigenvalue weighted by Crippen LogP contribution is -2.40. The fraction of sp³-hybridized carbons (Fsp3) is 0.417. The lowest BCUT2D eigenvalue weighted by molar-refractivity contribution is 0.0932. The second-order valence-corrected chi connectivity index (χ2v) is 4.52. The van der Waals surface area contributed by atoms with Crippen LogP contribution in [0.15, 0.2) is 12.1 Å². The zero-order valence-electron chi connectivity index (χ0n) is 9.68. The highest BCUT2D eigenvalue weighted by Crippen LogP contribution is 2.23. The number of nitrogens with one attached hydrogen (secondary N) is 2. The largest absolute Gasteiger partial charge is 0.382 e. The Morgan fingerprint density at radius 2 is 1.94 bits per heavy atom. The fourth-order valence-corrected chi connectivity index (χ4v) is 1.80. The summed E-state index contributed by atoms with van der Waals surface area (Å²) in [5.74, 6) is -2.09. The molecule has 5 heteroatoms. The first-order valence-corrected chi connectivity index (χ1v) is 5.53. The van der Waals surface area contributed by atoms with Gasteiger partial charge in [-0.1, -0.05) is 13.8 Å². The second kappa shape index (κ2) is 4.31. The summed E-state index contributed by atoms with van der Waals surface area (Å²) in [6.45, 7) is 4.45. The van der Waals surface area contributed by atoms with Crippen molar-refractivity contribution in [2.45, 2.75) is 19.9 Å². The molecule has 2 rings (SSSR count). The van der Waals surface area contributed by atoms with E-state index in [1.54, 1.807) is 0 Å². The van der Waals surface area contributed by atoms with Gasteiger partial charge in [0, 0.05) is 18.7 Å². The van der Waals surface area contributed by atoms with Crippen LogP contribution in [0.1, 0.15) is 24.2 Å². The summed E-state index contributed by atoms with van der Waals surface area (Å²) in [5, 5.41) is 5.76. The molecule has 1 heterocycles. The average molecular weight is 240 g/mol. The van der Waals surface area contributed by atoms with E-state index >= 15 is 0 Å². The van der Waals surface area contributed by atoms with Gasteiger partial charge in [0.15, 0.2) is 11.6 Å². The van der Waals surface area contributed by atoms with Crippen molar-refractivity contribution in [2.75, 3.05) is 11.9 Å². The molecule has 0 saturated carbocycles. The standard InChI is InChI=1S/C12H14F2N2O/c1-6(2)11-5-15-10-4-9(14)8(13)3-7(10)12(17)16-11/h3-4,6,11,15H,5H2,1-2H3,(H,16,17). The van der Waals surface area contributed by atoms with Crippen LogP contribution in [0.3, 0.4) is 0 Å². The number of benzene rings is 1. The molecule has 0 radical (unpaired) electrons. The quantitative estimate of drug-likeness (QED) is 0.789. The number of halogens is 2. The maximum Gasteiger partial charge on any atom is 0.253 e. The molecule has 1 aliphatic rings. The Balaban J connectivity index is 2.38. The molecular weight excluding hydrogens is 226 g/mol. The predicted molar refractivity (Wildman–Crippen MR) is 60.9 cm³/mol. The Morgan fingerprint density at radius 1 is 1.29 bits per heavy atom. The van der Waals surface area contributed by atoms with Gasteiger partial charge in [0.2, 0.25) is 0 Å². The lowest BCUT2D eigenvalue weighted by atomic mass is 10.0. The van der Waals surface area contributed by atoms with Gasteiger partial charge in [-0.05, 0) is 12.0 Å². The summed E-state index contributed by atoms with van der Waals surface area (Å²) in [4.78, 5) is 11.8. The summed E-state index contributed by atoms with van der Waals surface area (Å²) < 4.78 is 26.2. The second-order valence-electron chi connectivity index (χ2n) is 4.52. The zero-order valence-corrected chi connectivity index (χ0v) is 9.68. The van der Waals surface area contributed by atoms with Crippen LogP contribution in [0.4, 0.5) is 14.5 Å². The highest BCUT2D eigenvalue weighted by Gasteiger charge is 2.24. The maximum atomic E-state index is 13.1. The molecule has 0 saturated heterocycles. The van der Waals surface area contributed by atoms with Crippen molar-refractivity contribution in [1.29, 1.82) is 0 Å². The number of carbonyl (C=O) groups is 1. The summed E-state index contributed by atoms with van der Waals surface area (Å²) >= 11 is 0. The molecule has 2 N–H and O–H groups in total. The van der Waals surface area contributed by atoms with E-state index in [2.05, 4.69) is 10.6 Å². The summed E-state index contributed by atoms with van der Waals surface area (Å²) in [7, 11) is 0. The third-order valence-corrected chi connectivity index (χ3v) is 2.94. The summed E-state index contributed by atoms with van der Waals surface area (Å²) in [6.07, 6.45) is 0. The molecule has 1 aromatic carbocycles. The van der Waals surface area contributed by atoms with Gasteiger partial charge < -0.3 is 10.6 Å². The summed E-state index contributed by atoms with van der Waals surface area (Å²) in [6, 6.07) is 1.89. The van der Waals surface area contributed by atoms with E-state index < -0.39 is 11.6 Å². The van der Waals surface area contributed by atoms with Gasteiger partial charge in [0.25, 0.3) is 5.91 Å². The molecule has 0 bridgehead atoms. The number of hydrogen-bond donors (Lipinski definition) is 2. The van der Waals surface area contributed by atoms with Crippen LogP contribution in [0, 0.1) is 17.6 Å². The zero-order chi connectivity index (χ0) is 12.6. The maximum absolute atomic E-state index is 13.1. The molecule has 0 fully saturated rings. The Bertz CT molecular complexity index is 460. The first-order valence-electron chi connectivity index (χ1n) is 5.53. The number of carbonyl (C=O) groups excluding carboxylic acids is 1. The third-order valence-electron chi connectivity index (χ3n) is 2.94. The van der Waals surface area contributed by atoms with Gasteiger partial charge in [-0.15, -0.1) is 0 Å². The Hall–Kier alpha value is -1.65. The molecule has 17 heavy (non-hydrogen) atoms. The van der Waals surface area contributed by atoms with E-state index in [0.29, 0.717) is 12.2 Å². The third kappa shape index (κ3) is 2.23. The lowest BCUT2D eigenvalue weighted by Gasteiger charge is -2.19. The van der Waals surface area contributed by atoms with E-state index in [0.717, 1.165) is 12.1 Å². The van der Waals surface area contributed by atoms with Crippen LogP contribution in [-0.2, 0) is 0 Å². The number of amides is 1. The van der Waals surface area contributed by atoms with E-state index in [-0.39, 0.29) is 23.4 Å². The van der Waals surface area contributed by atoms with Crippen molar-refractivity contribution < 1.29 is 13.6 Å². The van der Waals surface area contributed by atoms with Crippen molar-refractivity contribution in [3.63, 3.8) is 0 Å². The number of fused-ring (bicyclic) bond motifs is 1. The fourth-order valence-electron chi connectivity index (χ4n) is 1.80. The van der Waals surface area contributed by atoms with Crippen molar-refractivity contribution in [2.24, 2.45) is 5.92 Å². The van der Waals surface area contributed by atoms with Crippen LogP contribution < -0.4 is 10.6 Å². The molecule has 0 spiro atoms. The van der Waals surface area contributed by atoms with Crippen LogP contribution >= 0.6 is 0 Å². The topological polar surface area (TPSA) is 41.1 Å². The minimum atomic E-state index is -1.01. The van der Waals surface area contributed by atoms with Crippen LogP contribution in [0.5, 0.6) is 0 Å². The molecule has 1 aromatic rings. The molecule has 3 nitrogen and oxygen atoms in total. The van der Waals surface area contributed by atoms with E-state index in [1.807, 2.05) is 13.8 Å². The van der Waals surface area contributed by atoms with Crippen LogP contribution in [0.2, 0.25) is 0 Å². The van der Waals surface area contributed by atoms with E-state index in [9.17, 15) is 13.6 Å². The smallest absolute Gasteiger partial charge is 0.253 e. The monoisotopic (exact) mass is 240 g/mol. The molecule has 0 aliphatic carbocycles. The molecule has 1 amide bonds. The van der Waals surface area contributed by atoms with Crippen molar-refractivity contribution in [3.8, 4) is 0 Å². The van der Waals surface area contributed by atoms with Gasteiger partial charge in [-0.2, -0.15) is 0 Å². The summed E-state index contributed by atoms with van der Waals surface area (Å²) in [5.41, 5.74) is 0.483. The first-order chi connectivity index (χ1) is 7.99. The van der Waals surface area contributed by atoms with Gasteiger partial charge in [-0.25, -0.2) is 8.78 Å². The number of anilines is 1. The molecular formula is C12H14F2N2O.